The molecule has 0 aromatic rings. The number of hydrogen-bond donors (Lipinski definition) is 3. The Bertz CT molecular complexity index is 588. The van der Waals surface area contributed by atoms with Gasteiger partial charge >= 0.3 is 5.97 Å². The molecular formula is C27H50O4. The van der Waals surface area contributed by atoms with Crippen molar-refractivity contribution in [2.75, 3.05) is 0 Å². The molecular weight excluding hydrogens is 388 g/mol. The van der Waals surface area contributed by atoms with Crippen LogP contribution < -0.4 is 0 Å². The van der Waals surface area contributed by atoms with E-state index in [1.165, 1.54) is 6.42 Å². The van der Waals surface area contributed by atoms with E-state index in [4.69, 9.17) is 0 Å². The minimum absolute atomic E-state index is 0.0970. The highest BCUT2D eigenvalue weighted by Gasteiger charge is 2.58. The predicted octanol–water partition coefficient (Wildman–Crippen LogP) is 6.14. The van der Waals surface area contributed by atoms with Crippen molar-refractivity contribution in [1.82, 2.24) is 0 Å². The Balaban J connectivity index is 2.25. The van der Waals surface area contributed by atoms with Crippen LogP contribution in [0.1, 0.15) is 106 Å². The van der Waals surface area contributed by atoms with E-state index >= 15 is 0 Å². The van der Waals surface area contributed by atoms with Gasteiger partial charge in [-0.15, -0.1) is 0 Å². The third kappa shape index (κ3) is 5.66. The highest BCUT2D eigenvalue weighted by atomic mass is 16.4. The summed E-state index contributed by atoms with van der Waals surface area (Å²) >= 11 is 0. The number of carboxylic acid groups (broad SMARTS) is 1. The zero-order valence-corrected chi connectivity index (χ0v) is 21.2. The Morgan fingerprint density at radius 3 is 2.29 bits per heavy atom. The normalized spacial score (nSPS) is 35.3. The molecule has 0 amide bonds. The fraction of sp³-hybridized carbons (Fsp3) is 0.963. The van der Waals surface area contributed by atoms with Crippen LogP contribution in [0.4, 0.5) is 0 Å². The van der Waals surface area contributed by atoms with Crippen LogP contribution in [0.25, 0.3) is 0 Å². The van der Waals surface area contributed by atoms with E-state index in [2.05, 4.69) is 34.6 Å². The summed E-state index contributed by atoms with van der Waals surface area (Å²) in [5.41, 5.74) is 0.286. The van der Waals surface area contributed by atoms with Gasteiger partial charge in [0, 0.05) is 0 Å². The van der Waals surface area contributed by atoms with Crippen molar-refractivity contribution in [3.63, 3.8) is 0 Å². The van der Waals surface area contributed by atoms with Gasteiger partial charge in [-0.2, -0.15) is 0 Å². The van der Waals surface area contributed by atoms with Crippen LogP contribution in [0, 0.1) is 46.3 Å². The first-order chi connectivity index (χ1) is 14.4. The molecule has 4 heteroatoms. The smallest absolute Gasteiger partial charge is 0.306 e. The van der Waals surface area contributed by atoms with E-state index in [1.54, 1.807) is 0 Å². The molecule has 2 fully saturated rings. The fourth-order valence-corrected chi connectivity index (χ4v) is 7.64. The molecule has 0 aliphatic heterocycles. The number of aliphatic hydroxyl groups excluding tert-OH is 2. The zero-order chi connectivity index (χ0) is 23.6. The van der Waals surface area contributed by atoms with Crippen molar-refractivity contribution in [1.29, 1.82) is 0 Å². The minimum atomic E-state index is -0.689. The second kappa shape index (κ2) is 10.5. The third-order valence-electron chi connectivity index (χ3n) is 9.70. The zero-order valence-electron chi connectivity index (χ0n) is 21.2. The molecule has 0 saturated heterocycles. The van der Waals surface area contributed by atoms with Crippen LogP contribution in [0.15, 0.2) is 0 Å². The predicted molar refractivity (Wildman–Crippen MR) is 127 cm³/mol. The quantitative estimate of drug-likeness (QED) is 0.362. The average Bonchev–Trinajstić information content (AvgIpc) is 3.07. The van der Waals surface area contributed by atoms with Crippen LogP contribution in [0.3, 0.4) is 0 Å². The van der Waals surface area contributed by atoms with Crippen molar-refractivity contribution in [2.45, 2.75) is 118 Å². The van der Waals surface area contributed by atoms with Crippen molar-refractivity contribution >= 4 is 5.97 Å². The van der Waals surface area contributed by atoms with Gasteiger partial charge in [0.25, 0.3) is 0 Å². The average molecular weight is 439 g/mol. The summed E-state index contributed by atoms with van der Waals surface area (Å²) in [5.74, 6) is 1.22. The number of carbonyl (C=O) groups is 1. The first-order valence-electron chi connectivity index (χ1n) is 13.0. The van der Waals surface area contributed by atoms with Crippen molar-refractivity contribution in [3.8, 4) is 0 Å². The lowest BCUT2D eigenvalue weighted by molar-refractivity contribution is -0.142. The lowest BCUT2D eigenvalue weighted by atomic mass is 9.50. The van der Waals surface area contributed by atoms with E-state index in [0.29, 0.717) is 29.6 Å². The molecule has 31 heavy (non-hydrogen) atoms. The lowest BCUT2D eigenvalue weighted by Crippen LogP contribution is -2.50. The van der Waals surface area contributed by atoms with Gasteiger partial charge in [-0.1, -0.05) is 48.5 Å². The molecule has 2 saturated carbocycles. The molecule has 0 heterocycles. The van der Waals surface area contributed by atoms with Crippen LogP contribution in [-0.2, 0) is 4.79 Å². The Hall–Kier alpha value is -0.610. The summed E-state index contributed by atoms with van der Waals surface area (Å²) in [4.78, 5) is 11.4. The Morgan fingerprint density at radius 2 is 1.74 bits per heavy atom. The van der Waals surface area contributed by atoms with Crippen LogP contribution in [0.5, 0.6) is 0 Å². The van der Waals surface area contributed by atoms with Crippen LogP contribution in [0.2, 0.25) is 0 Å². The molecule has 0 aromatic carbocycles. The highest BCUT2D eigenvalue weighted by Crippen LogP contribution is 2.64. The molecule has 2 rings (SSSR count). The monoisotopic (exact) mass is 438 g/mol. The standard InChI is InChI=1S/C27H50O4/c1-8-19(28)12-14-26(5,6)21-13-15-27(7)20(17(3)16-18(4)25(30)31)10-11-22(27)24(21)23(29)9-2/h17-24,28-29H,8-16H2,1-7H3,(H,30,31)/t17-,18+,19+,20-,21?,22?,23-,24?,27-/m1/s1. The van der Waals surface area contributed by atoms with E-state index in [9.17, 15) is 20.1 Å². The molecule has 2 aliphatic carbocycles. The van der Waals surface area contributed by atoms with Crippen LogP contribution in [-0.4, -0.2) is 33.5 Å². The third-order valence-corrected chi connectivity index (χ3v) is 9.70. The summed E-state index contributed by atoms with van der Waals surface area (Å²) in [6.45, 7) is 15.4. The van der Waals surface area contributed by atoms with E-state index in [1.807, 2.05) is 13.8 Å². The van der Waals surface area contributed by atoms with Gasteiger partial charge in [-0.05, 0) is 98.2 Å². The van der Waals surface area contributed by atoms with Crippen molar-refractivity contribution in [2.24, 2.45) is 46.3 Å². The van der Waals surface area contributed by atoms with Gasteiger partial charge in [-0.3, -0.25) is 4.79 Å². The number of carboxylic acids is 1. The molecule has 3 N–H and O–H groups in total. The summed E-state index contributed by atoms with van der Waals surface area (Å²) < 4.78 is 0. The Morgan fingerprint density at radius 1 is 1.10 bits per heavy atom. The number of aliphatic hydroxyl groups is 2. The largest absolute Gasteiger partial charge is 0.481 e. The maximum atomic E-state index is 11.4. The molecule has 182 valence electrons. The number of fused-ring (bicyclic) bond motifs is 1. The maximum Gasteiger partial charge on any atom is 0.306 e. The fourth-order valence-electron chi connectivity index (χ4n) is 7.64. The van der Waals surface area contributed by atoms with Gasteiger partial charge in [-0.25, -0.2) is 0 Å². The Labute approximate surface area is 191 Å². The lowest BCUT2D eigenvalue weighted by Gasteiger charge is -2.55. The summed E-state index contributed by atoms with van der Waals surface area (Å²) in [6, 6.07) is 0. The van der Waals surface area contributed by atoms with Crippen molar-refractivity contribution < 1.29 is 20.1 Å². The van der Waals surface area contributed by atoms with E-state index in [0.717, 1.165) is 51.4 Å². The molecule has 0 aromatic heterocycles. The van der Waals surface area contributed by atoms with Gasteiger partial charge in [0.05, 0.1) is 18.1 Å². The number of hydrogen-bond acceptors (Lipinski definition) is 3. The highest BCUT2D eigenvalue weighted by molar-refractivity contribution is 5.69. The van der Waals surface area contributed by atoms with Gasteiger partial charge in [0.2, 0.25) is 0 Å². The molecule has 4 nitrogen and oxygen atoms in total. The van der Waals surface area contributed by atoms with Gasteiger partial charge < -0.3 is 15.3 Å². The first-order valence-corrected chi connectivity index (χ1v) is 13.0. The second-order valence-corrected chi connectivity index (χ2v) is 12.0. The second-order valence-electron chi connectivity index (χ2n) is 12.0. The Kier molecular flexibility index (Phi) is 9.06. The van der Waals surface area contributed by atoms with Crippen LogP contribution >= 0.6 is 0 Å². The molecule has 0 spiro atoms. The number of aliphatic carboxylic acids is 1. The summed E-state index contributed by atoms with van der Waals surface area (Å²) in [5, 5.41) is 30.8. The van der Waals surface area contributed by atoms with Crippen molar-refractivity contribution in [3.05, 3.63) is 0 Å². The van der Waals surface area contributed by atoms with Gasteiger partial charge in [0.15, 0.2) is 0 Å². The molecule has 0 bridgehead atoms. The van der Waals surface area contributed by atoms with E-state index in [-0.39, 0.29) is 29.0 Å². The minimum Gasteiger partial charge on any atom is -0.481 e. The summed E-state index contributed by atoms with van der Waals surface area (Å²) in [6.07, 6.45) is 8.27. The summed E-state index contributed by atoms with van der Waals surface area (Å²) in [7, 11) is 0. The molecule has 9 atom stereocenters. The van der Waals surface area contributed by atoms with Gasteiger partial charge in [0.1, 0.15) is 0 Å². The maximum absolute atomic E-state index is 11.4. The SMILES string of the molecule is CC[C@H](O)CCC(C)(C)C1CC[C@@]2(C)C(CC[C@@H]2[C@H](C)C[C@H](C)C(=O)O)C1[C@H](O)CC. The molecule has 2 aliphatic rings. The van der Waals surface area contributed by atoms with E-state index < -0.39 is 5.97 Å². The topological polar surface area (TPSA) is 77.8 Å². The molecule has 0 radical (unpaired) electrons. The number of rotatable bonds is 11. The molecule has 3 unspecified atom stereocenters. The first kappa shape index (κ1) is 26.6.